The van der Waals surface area contributed by atoms with Gasteiger partial charge in [-0.1, -0.05) is 42.5 Å². The molecule has 156 valence electrons. The highest BCUT2D eigenvalue weighted by Gasteiger charge is 2.23. The van der Waals surface area contributed by atoms with E-state index in [-0.39, 0.29) is 5.97 Å². The van der Waals surface area contributed by atoms with E-state index in [4.69, 9.17) is 9.47 Å². The highest BCUT2D eigenvalue weighted by atomic mass is 16.6. The molecule has 1 unspecified atom stereocenters. The smallest absolute Gasteiger partial charge is 0.407 e. The van der Waals surface area contributed by atoms with Crippen LogP contribution >= 0.6 is 0 Å². The van der Waals surface area contributed by atoms with Crippen molar-refractivity contribution in [3.05, 3.63) is 65.7 Å². The molecule has 1 amide bonds. The predicted octanol–water partition coefficient (Wildman–Crippen LogP) is 4.32. The monoisotopic (exact) mass is 398 g/mol. The minimum Gasteiger partial charge on any atom is -0.465 e. The van der Waals surface area contributed by atoms with Gasteiger partial charge in [0.1, 0.15) is 11.5 Å². The Kier molecular flexibility index (Phi) is 8.07. The molecule has 0 aliphatic heterocycles. The van der Waals surface area contributed by atoms with Crippen LogP contribution in [0.25, 0.3) is 0 Å². The summed E-state index contributed by atoms with van der Waals surface area (Å²) in [6.07, 6.45) is -0.435. The van der Waals surface area contributed by atoms with Crippen molar-refractivity contribution in [3.63, 3.8) is 0 Å². The average Bonchev–Trinajstić information content (AvgIpc) is 2.66. The topological polar surface area (TPSA) is 76.7 Å². The molecular weight excluding hydrogens is 368 g/mol. The van der Waals surface area contributed by atoms with E-state index >= 15 is 0 Å². The number of esters is 1. The summed E-state index contributed by atoms with van der Waals surface area (Å²) >= 11 is 0. The van der Waals surface area contributed by atoms with Gasteiger partial charge < -0.3 is 20.1 Å². The zero-order chi connectivity index (χ0) is 21.3. The number of alkyl carbamates (subject to hydrolysis) is 1. The number of hydrogen-bond acceptors (Lipinski definition) is 5. The number of carbonyl (C=O) groups is 2. The van der Waals surface area contributed by atoms with Crippen molar-refractivity contribution in [2.45, 2.75) is 39.2 Å². The lowest BCUT2D eigenvalue weighted by Gasteiger charge is -2.19. The van der Waals surface area contributed by atoms with Gasteiger partial charge in [-0.2, -0.15) is 0 Å². The maximum Gasteiger partial charge on any atom is 0.407 e. The van der Waals surface area contributed by atoms with Crippen molar-refractivity contribution in [2.24, 2.45) is 0 Å². The van der Waals surface area contributed by atoms with Gasteiger partial charge in [-0.15, -0.1) is 0 Å². The van der Waals surface area contributed by atoms with Gasteiger partial charge in [0.2, 0.25) is 0 Å². The summed E-state index contributed by atoms with van der Waals surface area (Å²) in [7, 11) is 0. The van der Waals surface area contributed by atoms with Crippen LogP contribution < -0.4 is 10.6 Å². The molecule has 2 aromatic rings. The van der Waals surface area contributed by atoms with E-state index in [0.717, 1.165) is 16.8 Å². The third-order valence-corrected chi connectivity index (χ3v) is 4.02. The first kappa shape index (κ1) is 22.3. The van der Waals surface area contributed by atoms with Crippen molar-refractivity contribution >= 4 is 17.7 Å². The van der Waals surface area contributed by atoms with Crippen molar-refractivity contribution in [3.8, 4) is 0 Å². The second-order valence-corrected chi connectivity index (χ2v) is 7.57. The highest BCUT2D eigenvalue weighted by Crippen LogP contribution is 2.27. The lowest BCUT2D eigenvalue weighted by molar-refractivity contribution is -0.143. The van der Waals surface area contributed by atoms with Gasteiger partial charge in [0.05, 0.1) is 6.61 Å². The number of nitrogens with one attached hydrogen (secondary N) is 2. The molecule has 0 saturated heterocycles. The molecule has 1 atom stereocenters. The van der Waals surface area contributed by atoms with Crippen LogP contribution in [0.15, 0.2) is 54.6 Å². The first-order valence-electron chi connectivity index (χ1n) is 9.82. The molecule has 2 rings (SSSR count). The lowest BCUT2D eigenvalue weighted by Crippen LogP contribution is -2.34. The molecule has 0 fully saturated rings. The maximum absolute atomic E-state index is 12.5. The lowest BCUT2D eigenvalue weighted by atomic mass is 9.91. The predicted molar refractivity (Wildman–Crippen MR) is 114 cm³/mol. The Labute approximate surface area is 172 Å². The second-order valence-electron chi connectivity index (χ2n) is 7.57. The van der Waals surface area contributed by atoms with Crippen molar-refractivity contribution in [1.82, 2.24) is 5.32 Å². The zero-order valence-electron chi connectivity index (χ0n) is 17.5. The number of amides is 1. The van der Waals surface area contributed by atoms with Crippen LogP contribution in [0.3, 0.4) is 0 Å². The van der Waals surface area contributed by atoms with Gasteiger partial charge in [0.15, 0.2) is 0 Å². The summed E-state index contributed by atoms with van der Waals surface area (Å²) in [6, 6.07) is 17.3. The Bertz CT molecular complexity index is 783. The zero-order valence-corrected chi connectivity index (χ0v) is 17.5. The molecule has 29 heavy (non-hydrogen) atoms. The SMILES string of the molecule is CCOC(=O)C(c1ccccc1)c1ccc(NCCNC(=O)OC(C)(C)C)cc1. The quantitative estimate of drug-likeness (QED) is 0.512. The third-order valence-electron chi connectivity index (χ3n) is 4.02. The number of anilines is 1. The molecule has 6 heteroatoms. The molecule has 6 nitrogen and oxygen atoms in total. The van der Waals surface area contributed by atoms with Crippen LogP contribution in [0.1, 0.15) is 44.7 Å². The molecule has 0 radical (unpaired) electrons. The molecule has 2 N–H and O–H groups in total. The first-order valence-corrected chi connectivity index (χ1v) is 9.82. The Hall–Kier alpha value is -3.02. The molecule has 0 aromatic heterocycles. The van der Waals surface area contributed by atoms with Crippen molar-refractivity contribution in [1.29, 1.82) is 0 Å². The molecular formula is C23H30N2O4. The van der Waals surface area contributed by atoms with Crippen LogP contribution in [0.4, 0.5) is 10.5 Å². The number of ether oxygens (including phenoxy) is 2. The molecule has 0 heterocycles. The number of carbonyl (C=O) groups excluding carboxylic acids is 2. The summed E-state index contributed by atoms with van der Waals surface area (Å²) in [5.74, 6) is -0.722. The Morgan fingerprint density at radius 2 is 1.55 bits per heavy atom. The van der Waals surface area contributed by atoms with Crippen LogP contribution in [0.5, 0.6) is 0 Å². The van der Waals surface area contributed by atoms with E-state index in [1.807, 2.05) is 75.4 Å². The van der Waals surface area contributed by atoms with E-state index in [0.29, 0.717) is 19.7 Å². The molecule has 0 aliphatic carbocycles. The average molecular weight is 399 g/mol. The van der Waals surface area contributed by atoms with Crippen LogP contribution in [0, 0.1) is 0 Å². The van der Waals surface area contributed by atoms with Crippen LogP contribution in [-0.4, -0.2) is 37.4 Å². The molecule has 0 saturated carbocycles. The molecule has 0 spiro atoms. The summed E-state index contributed by atoms with van der Waals surface area (Å²) in [5.41, 5.74) is 2.15. The van der Waals surface area contributed by atoms with Crippen molar-refractivity contribution < 1.29 is 19.1 Å². The Balaban J connectivity index is 1.95. The number of hydrogen-bond donors (Lipinski definition) is 2. The summed E-state index contributed by atoms with van der Waals surface area (Å²) in [5, 5.41) is 5.94. The molecule has 2 aromatic carbocycles. The van der Waals surface area contributed by atoms with Crippen molar-refractivity contribution in [2.75, 3.05) is 25.0 Å². The Morgan fingerprint density at radius 1 is 0.931 bits per heavy atom. The third kappa shape index (κ3) is 7.49. The van der Waals surface area contributed by atoms with Gasteiger partial charge in [0, 0.05) is 18.8 Å². The first-order chi connectivity index (χ1) is 13.8. The fourth-order valence-corrected chi connectivity index (χ4v) is 2.81. The van der Waals surface area contributed by atoms with E-state index in [2.05, 4.69) is 10.6 Å². The highest BCUT2D eigenvalue weighted by molar-refractivity contribution is 5.82. The van der Waals surface area contributed by atoms with E-state index < -0.39 is 17.6 Å². The largest absolute Gasteiger partial charge is 0.465 e. The maximum atomic E-state index is 12.5. The second kappa shape index (κ2) is 10.5. The van der Waals surface area contributed by atoms with E-state index in [9.17, 15) is 9.59 Å². The number of rotatable bonds is 8. The fourth-order valence-electron chi connectivity index (χ4n) is 2.81. The van der Waals surface area contributed by atoms with Crippen LogP contribution in [0.2, 0.25) is 0 Å². The summed E-state index contributed by atoms with van der Waals surface area (Å²) in [6.45, 7) is 8.61. The Morgan fingerprint density at radius 3 is 2.14 bits per heavy atom. The minimum atomic E-state index is -0.512. The van der Waals surface area contributed by atoms with Gasteiger partial charge in [-0.25, -0.2) is 4.79 Å². The van der Waals surface area contributed by atoms with Crippen LogP contribution in [-0.2, 0) is 14.3 Å². The summed E-state index contributed by atoms with van der Waals surface area (Å²) in [4.78, 5) is 24.1. The standard InChI is InChI=1S/C23H30N2O4/c1-5-28-21(26)20(17-9-7-6-8-10-17)18-11-13-19(14-12-18)24-15-16-25-22(27)29-23(2,3)4/h6-14,20,24H,5,15-16H2,1-4H3,(H,25,27). The normalized spacial score (nSPS) is 12.0. The van der Waals surface area contributed by atoms with Gasteiger partial charge in [-0.3, -0.25) is 4.79 Å². The fraction of sp³-hybridized carbons (Fsp3) is 0.391. The van der Waals surface area contributed by atoms with Gasteiger partial charge in [0.25, 0.3) is 0 Å². The van der Waals surface area contributed by atoms with Gasteiger partial charge in [-0.05, 0) is 51.0 Å². The van der Waals surface area contributed by atoms with Gasteiger partial charge >= 0.3 is 12.1 Å². The molecule has 0 aliphatic rings. The van der Waals surface area contributed by atoms with E-state index in [1.165, 1.54) is 0 Å². The van der Waals surface area contributed by atoms with E-state index in [1.54, 1.807) is 6.92 Å². The summed E-state index contributed by atoms with van der Waals surface area (Å²) < 4.78 is 10.5. The number of benzene rings is 2. The molecule has 0 bridgehead atoms. The minimum absolute atomic E-state index is 0.263.